The van der Waals surface area contributed by atoms with Crippen LogP contribution in [-0.2, 0) is 14.6 Å². The van der Waals surface area contributed by atoms with Crippen molar-refractivity contribution in [3.05, 3.63) is 75.2 Å². The second kappa shape index (κ2) is 13.6. The van der Waals surface area contributed by atoms with Crippen LogP contribution in [0.4, 0.5) is 11.4 Å². The molecule has 0 aliphatic heterocycles. The number of carbonyl (C=O) groups is 2. The van der Waals surface area contributed by atoms with Crippen LogP contribution in [0.3, 0.4) is 0 Å². The van der Waals surface area contributed by atoms with Crippen LogP contribution in [0.25, 0.3) is 0 Å². The first-order valence-electron chi connectivity index (χ1n) is 12.4. The fraction of sp³-hybridized carbons (Fsp3) is 0.286. The summed E-state index contributed by atoms with van der Waals surface area (Å²) in [4.78, 5) is 25.8. The van der Waals surface area contributed by atoms with Crippen LogP contribution in [0.5, 0.6) is 11.5 Å². The van der Waals surface area contributed by atoms with E-state index in [4.69, 9.17) is 39.5 Å². The number of hydrogen-bond acceptors (Lipinski definition) is 6. The highest BCUT2D eigenvalue weighted by atomic mass is 35.5. The Labute approximate surface area is 248 Å². The summed E-state index contributed by atoms with van der Waals surface area (Å²) < 4.78 is 31.7. The Morgan fingerprint density at radius 1 is 0.900 bits per heavy atom. The molecule has 3 rings (SSSR count). The van der Waals surface area contributed by atoms with Gasteiger partial charge in [-0.05, 0) is 42.7 Å². The van der Waals surface area contributed by atoms with Gasteiger partial charge in [0.25, 0.3) is 5.91 Å². The molecule has 214 valence electrons. The van der Waals surface area contributed by atoms with Gasteiger partial charge in [0.2, 0.25) is 5.91 Å². The summed E-state index contributed by atoms with van der Waals surface area (Å²) >= 11 is 18.9. The molecule has 0 aromatic heterocycles. The van der Waals surface area contributed by atoms with Crippen LogP contribution < -0.4 is 15.4 Å². The smallest absolute Gasteiger partial charge is 0.255 e. The predicted octanol–water partition coefficient (Wildman–Crippen LogP) is 7.22. The highest BCUT2D eigenvalue weighted by Gasteiger charge is 2.33. The number of anilines is 2. The first kappa shape index (κ1) is 31.5. The van der Waals surface area contributed by atoms with Crippen molar-refractivity contribution < 1.29 is 27.9 Å². The number of ether oxygens (including phenoxy) is 1. The van der Waals surface area contributed by atoms with Gasteiger partial charge in [0.1, 0.15) is 11.0 Å². The molecule has 0 spiro atoms. The second-order valence-corrected chi connectivity index (χ2v) is 12.5. The minimum Gasteiger partial charge on any atom is -0.506 e. The van der Waals surface area contributed by atoms with Crippen LogP contribution in [0.2, 0.25) is 15.1 Å². The molecule has 0 heterocycles. The Morgan fingerprint density at radius 3 is 2.10 bits per heavy atom. The van der Waals surface area contributed by atoms with Crippen LogP contribution >= 0.6 is 34.8 Å². The number of nitrogens with one attached hydrogen (secondary N) is 2. The van der Waals surface area contributed by atoms with Crippen molar-refractivity contribution in [2.45, 2.75) is 43.8 Å². The van der Waals surface area contributed by atoms with E-state index in [9.17, 15) is 23.1 Å². The van der Waals surface area contributed by atoms with Crippen LogP contribution in [0.15, 0.2) is 59.5 Å². The molecule has 0 saturated heterocycles. The number of halogens is 3. The van der Waals surface area contributed by atoms with Gasteiger partial charge < -0.3 is 20.5 Å². The zero-order chi connectivity index (χ0) is 29.6. The molecular formula is C28H29Cl3N2O6S. The van der Waals surface area contributed by atoms with Crippen molar-refractivity contribution in [3.63, 3.8) is 0 Å². The Hall–Kier alpha value is -2.98. The Kier molecular flexibility index (Phi) is 10.7. The SMILES string of the molecule is CCC(C)COc1c(Cl)cc(C(=O)Nc2cc(Cl)c(NC(=O)C(CC)S(=O)(=O)c3ccccc3)cc2O)cc1Cl. The number of sulfone groups is 1. The largest absolute Gasteiger partial charge is 0.506 e. The zero-order valence-electron chi connectivity index (χ0n) is 22.0. The molecule has 0 aliphatic carbocycles. The molecule has 0 fully saturated rings. The van der Waals surface area contributed by atoms with Crippen molar-refractivity contribution in [2.75, 3.05) is 17.2 Å². The van der Waals surface area contributed by atoms with E-state index in [1.54, 1.807) is 25.1 Å². The number of rotatable bonds is 11. The average Bonchev–Trinajstić information content (AvgIpc) is 2.91. The minimum atomic E-state index is -3.97. The average molecular weight is 628 g/mol. The molecular weight excluding hydrogens is 599 g/mol. The summed E-state index contributed by atoms with van der Waals surface area (Å²) in [6.07, 6.45) is 0.920. The number of phenolic OH excluding ortho intramolecular Hbond substituents is 1. The predicted molar refractivity (Wildman–Crippen MR) is 159 cm³/mol. The summed E-state index contributed by atoms with van der Waals surface area (Å²) in [5.41, 5.74) is 0.0229. The topological polar surface area (TPSA) is 122 Å². The summed E-state index contributed by atoms with van der Waals surface area (Å²) in [6, 6.07) is 12.7. The molecule has 3 aromatic carbocycles. The van der Waals surface area contributed by atoms with E-state index in [0.717, 1.165) is 12.5 Å². The molecule has 40 heavy (non-hydrogen) atoms. The lowest BCUT2D eigenvalue weighted by atomic mass is 10.1. The molecule has 3 aromatic rings. The summed E-state index contributed by atoms with van der Waals surface area (Å²) in [7, 11) is -3.97. The monoisotopic (exact) mass is 626 g/mol. The molecule has 0 saturated carbocycles. The van der Waals surface area contributed by atoms with Crippen molar-refractivity contribution in [2.24, 2.45) is 5.92 Å². The highest BCUT2D eigenvalue weighted by Crippen LogP contribution is 2.37. The molecule has 0 radical (unpaired) electrons. The summed E-state index contributed by atoms with van der Waals surface area (Å²) in [6.45, 7) is 6.04. The van der Waals surface area contributed by atoms with Crippen molar-refractivity contribution >= 4 is 67.8 Å². The number of phenols is 1. The van der Waals surface area contributed by atoms with E-state index in [1.165, 1.54) is 30.3 Å². The molecule has 2 unspecified atom stereocenters. The third kappa shape index (κ3) is 7.40. The number of benzene rings is 3. The summed E-state index contributed by atoms with van der Waals surface area (Å²) in [5, 5.41) is 14.4. The van der Waals surface area contributed by atoms with E-state index in [1.807, 2.05) is 13.8 Å². The third-order valence-corrected chi connectivity index (χ3v) is 9.27. The van der Waals surface area contributed by atoms with Crippen LogP contribution in [0.1, 0.15) is 44.0 Å². The van der Waals surface area contributed by atoms with E-state index in [0.29, 0.717) is 6.61 Å². The maximum absolute atomic E-state index is 13.0. The normalized spacial score (nSPS) is 12.8. The van der Waals surface area contributed by atoms with Gasteiger partial charge in [0.15, 0.2) is 15.6 Å². The molecule has 3 N–H and O–H groups in total. The Bertz CT molecular complexity index is 1480. The van der Waals surface area contributed by atoms with Crippen molar-refractivity contribution in [1.29, 1.82) is 0 Å². The van der Waals surface area contributed by atoms with Gasteiger partial charge in [-0.25, -0.2) is 8.42 Å². The molecule has 2 amide bonds. The fourth-order valence-electron chi connectivity index (χ4n) is 3.66. The lowest BCUT2D eigenvalue weighted by molar-refractivity contribution is -0.115. The van der Waals surface area contributed by atoms with Gasteiger partial charge in [0.05, 0.1) is 37.9 Å². The van der Waals surface area contributed by atoms with E-state index in [-0.39, 0.29) is 55.0 Å². The number of amides is 2. The second-order valence-electron chi connectivity index (χ2n) is 9.14. The van der Waals surface area contributed by atoms with Gasteiger partial charge in [-0.1, -0.05) is 80.2 Å². The van der Waals surface area contributed by atoms with Gasteiger partial charge in [-0.3, -0.25) is 9.59 Å². The fourth-order valence-corrected chi connectivity index (χ4v) is 6.11. The maximum Gasteiger partial charge on any atom is 0.255 e. The molecule has 2 atom stereocenters. The standard InChI is InChI=1S/C28H29Cl3N2O6S/c1-4-16(3)15-39-26-20(30)11-17(12-21(26)31)27(35)33-23-13-19(29)22(14-24(23)34)32-28(36)25(5-2)40(37,38)18-9-7-6-8-10-18/h6-14,16,25,34H,4-5,15H2,1-3H3,(H,32,36)(H,33,35). The maximum atomic E-state index is 13.0. The first-order chi connectivity index (χ1) is 18.9. The van der Waals surface area contributed by atoms with Gasteiger partial charge >= 0.3 is 0 Å². The summed E-state index contributed by atoms with van der Waals surface area (Å²) in [5.74, 6) is -1.31. The molecule has 12 heteroatoms. The van der Waals surface area contributed by atoms with Gasteiger partial charge in [-0.2, -0.15) is 0 Å². The van der Waals surface area contributed by atoms with E-state index in [2.05, 4.69) is 10.6 Å². The Balaban J connectivity index is 1.77. The minimum absolute atomic E-state index is 0.00732. The van der Waals surface area contributed by atoms with Crippen LogP contribution in [-0.4, -0.2) is 37.2 Å². The zero-order valence-corrected chi connectivity index (χ0v) is 25.1. The highest BCUT2D eigenvalue weighted by molar-refractivity contribution is 7.92. The van der Waals surface area contributed by atoms with E-state index < -0.39 is 32.7 Å². The lowest BCUT2D eigenvalue weighted by Gasteiger charge is -2.18. The number of aromatic hydroxyl groups is 1. The lowest BCUT2D eigenvalue weighted by Crippen LogP contribution is -2.34. The van der Waals surface area contributed by atoms with Crippen LogP contribution in [0, 0.1) is 5.92 Å². The third-order valence-electron chi connectivity index (χ3n) is 6.17. The molecule has 0 bridgehead atoms. The molecule has 8 nitrogen and oxygen atoms in total. The van der Waals surface area contributed by atoms with Gasteiger partial charge in [0, 0.05) is 11.6 Å². The van der Waals surface area contributed by atoms with Gasteiger partial charge in [-0.15, -0.1) is 0 Å². The van der Waals surface area contributed by atoms with E-state index >= 15 is 0 Å². The Morgan fingerprint density at radius 2 is 1.52 bits per heavy atom. The van der Waals surface area contributed by atoms with Crippen molar-refractivity contribution in [3.8, 4) is 11.5 Å². The van der Waals surface area contributed by atoms with Crippen molar-refractivity contribution in [1.82, 2.24) is 0 Å². The number of carbonyl (C=O) groups excluding carboxylic acids is 2. The quantitative estimate of drug-likeness (QED) is 0.193. The number of hydrogen-bond donors (Lipinski definition) is 3. The molecule has 0 aliphatic rings. The first-order valence-corrected chi connectivity index (χ1v) is 15.1.